The number of benzene rings is 2. The van der Waals surface area contributed by atoms with Crippen LogP contribution in [0.3, 0.4) is 0 Å². The first-order valence-corrected chi connectivity index (χ1v) is 13.6. The van der Waals surface area contributed by atoms with E-state index in [1.807, 2.05) is 37.7 Å². The minimum Gasteiger partial charge on any atom is -0.494 e. The Labute approximate surface area is 195 Å². The summed E-state index contributed by atoms with van der Waals surface area (Å²) in [6.45, 7) is 4.57. The van der Waals surface area contributed by atoms with Crippen LogP contribution in [-0.4, -0.2) is 45.0 Å². The summed E-state index contributed by atoms with van der Waals surface area (Å²) in [5, 5.41) is 3.57. The molecule has 8 heteroatoms. The van der Waals surface area contributed by atoms with Crippen molar-refractivity contribution in [1.29, 1.82) is 0 Å². The van der Waals surface area contributed by atoms with Crippen molar-refractivity contribution in [2.75, 3.05) is 29.8 Å². The topological polar surface area (TPSA) is 75.7 Å². The monoisotopic (exact) mass is 476 g/mol. The summed E-state index contributed by atoms with van der Waals surface area (Å²) in [4.78, 5) is 12.8. The molecule has 2 aromatic carbocycles. The van der Waals surface area contributed by atoms with Crippen LogP contribution in [0.4, 0.5) is 5.69 Å². The van der Waals surface area contributed by atoms with Gasteiger partial charge in [-0.25, -0.2) is 8.42 Å². The number of nitrogens with zero attached hydrogens (tertiary/aromatic N) is 1. The first-order chi connectivity index (χ1) is 15.4. The number of carbonyl (C=O) groups excluding carboxylic acids is 1. The predicted molar refractivity (Wildman–Crippen MR) is 131 cm³/mol. The molecule has 174 valence electrons. The highest BCUT2D eigenvalue weighted by atomic mass is 32.2. The second-order valence-corrected chi connectivity index (χ2v) is 11.1. The molecule has 0 heterocycles. The summed E-state index contributed by atoms with van der Waals surface area (Å²) in [7, 11) is -3.93. The molecular weight excluding hydrogens is 444 g/mol. The van der Waals surface area contributed by atoms with Gasteiger partial charge < -0.3 is 10.1 Å². The minimum atomic E-state index is -3.93. The molecule has 1 saturated carbocycles. The Hall–Kier alpha value is -2.19. The molecule has 0 saturated heterocycles. The largest absolute Gasteiger partial charge is 0.494 e. The molecule has 1 fully saturated rings. The Kier molecular flexibility index (Phi) is 8.87. The fourth-order valence-corrected chi connectivity index (χ4v) is 6.33. The van der Waals surface area contributed by atoms with Crippen molar-refractivity contribution in [3.05, 3.63) is 54.1 Å². The van der Waals surface area contributed by atoms with E-state index in [0.29, 0.717) is 29.8 Å². The van der Waals surface area contributed by atoms with Gasteiger partial charge in [0.25, 0.3) is 10.0 Å². The van der Waals surface area contributed by atoms with E-state index in [-0.39, 0.29) is 17.3 Å². The molecule has 0 aliphatic heterocycles. The highest BCUT2D eigenvalue weighted by Crippen LogP contribution is 2.29. The van der Waals surface area contributed by atoms with Gasteiger partial charge in [-0.2, -0.15) is 11.8 Å². The first kappa shape index (κ1) is 24.5. The van der Waals surface area contributed by atoms with Crippen LogP contribution in [0.2, 0.25) is 0 Å². The number of aryl methyl sites for hydroxylation is 1. The number of hydrogen-bond donors (Lipinski definition) is 1. The van der Waals surface area contributed by atoms with E-state index in [2.05, 4.69) is 5.32 Å². The average molecular weight is 477 g/mol. The lowest BCUT2D eigenvalue weighted by Crippen LogP contribution is -2.41. The molecule has 2 aromatic rings. The molecule has 0 bridgehead atoms. The number of sulfonamides is 1. The third kappa shape index (κ3) is 6.65. The van der Waals surface area contributed by atoms with Gasteiger partial charge in [0.2, 0.25) is 5.91 Å². The highest BCUT2D eigenvalue weighted by molar-refractivity contribution is 7.99. The first-order valence-electron chi connectivity index (χ1n) is 11.1. The number of amides is 1. The Morgan fingerprint density at radius 2 is 1.75 bits per heavy atom. The van der Waals surface area contributed by atoms with Gasteiger partial charge in [0.05, 0.1) is 17.2 Å². The van der Waals surface area contributed by atoms with E-state index in [4.69, 9.17) is 4.74 Å². The molecule has 0 unspecified atom stereocenters. The van der Waals surface area contributed by atoms with Gasteiger partial charge in [-0.15, -0.1) is 0 Å². The second kappa shape index (κ2) is 11.6. The standard InChI is InChI=1S/C24H32N2O4S2/c1-3-30-21-12-14-23(15-13-21)32(28,29)26(20-10-8-19(2)9-11-20)18-24(27)25-16-17-31-22-6-4-5-7-22/h8-15,22H,3-7,16-18H2,1-2H3,(H,25,27). The molecule has 1 N–H and O–H groups in total. The fourth-order valence-electron chi connectivity index (χ4n) is 3.69. The number of rotatable bonds is 11. The molecule has 0 spiro atoms. The highest BCUT2D eigenvalue weighted by Gasteiger charge is 2.27. The molecule has 6 nitrogen and oxygen atoms in total. The number of ether oxygens (including phenoxy) is 1. The second-order valence-electron chi connectivity index (χ2n) is 7.88. The van der Waals surface area contributed by atoms with Crippen molar-refractivity contribution in [3.8, 4) is 5.75 Å². The summed E-state index contributed by atoms with van der Waals surface area (Å²) in [6, 6.07) is 13.4. The van der Waals surface area contributed by atoms with E-state index < -0.39 is 10.0 Å². The maximum atomic E-state index is 13.4. The number of hydrogen-bond acceptors (Lipinski definition) is 5. The molecular formula is C24H32N2O4S2. The Balaban J connectivity index is 1.71. The van der Waals surface area contributed by atoms with Gasteiger partial charge in [0, 0.05) is 17.5 Å². The van der Waals surface area contributed by atoms with Crippen molar-refractivity contribution in [3.63, 3.8) is 0 Å². The summed E-state index contributed by atoms with van der Waals surface area (Å²) in [6.07, 6.45) is 5.08. The molecule has 0 atom stereocenters. The normalized spacial score (nSPS) is 14.3. The van der Waals surface area contributed by atoms with Gasteiger partial charge in [0.15, 0.2) is 0 Å². The van der Waals surface area contributed by atoms with Gasteiger partial charge in [-0.1, -0.05) is 30.5 Å². The van der Waals surface area contributed by atoms with Crippen molar-refractivity contribution in [2.24, 2.45) is 0 Å². The Bertz CT molecular complexity index is 970. The number of anilines is 1. The predicted octanol–water partition coefficient (Wildman–Crippen LogP) is 4.38. The van der Waals surface area contributed by atoms with E-state index >= 15 is 0 Å². The van der Waals surface area contributed by atoms with Crippen molar-refractivity contribution in [2.45, 2.75) is 49.7 Å². The van der Waals surface area contributed by atoms with Crippen LogP contribution in [0.25, 0.3) is 0 Å². The molecule has 0 radical (unpaired) electrons. The zero-order valence-corrected chi connectivity index (χ0v) is 20.4. The molecule has 1 aliphatic rings. The Morgan fingerprint density at radius 3 is 2.38 bits per heavy atom. The smallest absolute Gasteiger partial charge is 0.264 e. The van der Waals surface area contributed by atoms with Crippen LogP contribution >= 0.6 is 11.8 Å². The van der Waals surface area contributed by atoms with E-state index in [0.717, 1.165) is 11.3 Å². The van der Waals surface area contributed by atoms with Crippen molar-refractivity contribution >= 4 is 33.4 Å². The summed E-state index contributed by atoms with van der Waals surface area (Å²) in [5.74, 6) is 1.13. The van der Waals surface area contributed by atoms with Gasteiger partial charge in [0.1, 0.15) is 12.3 Å². The SMILES string of the molecule is CCOc1ccc(S(=O)(=O)N(CC(=O)NCCSC2CCCC2)c2ccc(C)cc2)cc1. The third-order valence-electron chi connectivity index (χ3n) is 5.41. The maximum absolute atomic E-state index is 13.4. The molecule has 1 aliphatic carbocycles. The maximum Gasteiger partial charge on any atom is 0.264 e. The Morgan fingerprint density at radius 1 is 1.09 bits per heavy atom. The van der Waals surface area contributed by atoms with Crippen LogP contribution in [0.15, 0.2) is 53.4 Å². The van der Waals surface area contributed by atoms with Crippen LogP contribution in [0.1, 0.15) is 38.2 Å². The van der Waals surface area contributed by atoms with Crippen LogP contribution in [0.5, 0.6) is 5.75 Å². The third-order valence-corrected chi connectivity index (χ3v) is 8.58. The van der Waals surface area contributed by atoms with Crippen LogP contribution in [-0.2, 0) is 14.8 Å². The fraction of sp³-hybridized carbons (Fsp3) is 0.458. The van der Waals surface area contributed by atoms with Crippen molar-refractivity contribution < 1.29 is 17.9 Å². The minimum absolute atomic E-state index is 0.117. The molecule has 0 aromatic heterocycles. The van der Waals surface area contributed by atoms with Gasteiger partial charge in [-0.3, -0.25) is 9.10 Å². The lowest BCUT2D eigenvalue weighted by Gasteiger charge is -2.24. The molecule has 32 heavy (non-hydrogen) atoms. The quantitative estimate of drug-likeness (QED) is 0.487. The zero-order valence-electron chi connectivity index (χ0n) is 18.7. The lowest BCUT2D eigenvalue weighted by molar-refractivity contribution is -0.119. The summed E-state index contributed by atoms with van der Waals surface area (Å²) in [5.41, 5.74) is 1.47. The number of nitrogens with one attached hydrogen (secondary N) is 1. The van der Waals surface area contributed by atoms with Crippen LogP contribution < -0.4 is 14.4 Å². The van der Waals surface area contributed by atoms with Crippen LogP contribution in [0, 0.1) is 6.92 Å². The van der Waals surface area contributed by atoms with Gasteiger partial charge in [-0.05, 0) is 63.1 Å². The van der Waals surface area contributed by atoms with E-state index in [9.17, 15) is 13.2 Å². The average Bonchev–Trinajstić information content (AvgIpc) is 3.30. The molecule has 1 amide bonds. The van der Waals surface area contributed by atoms with Gasteiger partial charge >= 0.3 is 0 Å². The summed E-state index contributed by atoms with van der Waals surface area (Å²) < 4.78 is 33.4. The number of thioether (sulfide) groups is 1. The zero-order chi connectivity index (χ0) is 23.0. The summed E-state index contributed by atoms with van der Waals surface area (Å²) >= 11 is 1.89. The van der Waals surface area contributed by atoms with Crippen molar-refractivity contribution in [1.82, 2.24) is 5.32 Å². The van der Waals surface area contributed by atoms with E-state index in [1.165, 1.54) is 42.1 Å². The van der Waals surface area contributed by atoms with E-state index in [1.54, 1.807) is 24.3 Å². The molecule has 3 rings (SSSR count). The number of carbonyl (C=O) groups is 1. The lowest BCUT2D eigenvalue weighted by atomic mass is 10.2.